The third-order valence-electron chi connectivity index (χ3n) is 4.18. The van der Waals surface area contributed by atoms with Crippen LogP contribution >= 0.6 is 0 Å². The van der Waals surface area contributed by atoms with Crippen molar-refractivity contribution in [3.8, 4) is 0 Å². The Hall–Kier alpha value is -0.170. The van der Waals surface area contributed by atoms with Gasteiger partial charge in [-0.15, -0.1) is 0 Å². The van der Waals surface area contributed by atoms with Crippen LogP contribution in [-0.4, -0.2) is 57.3 Å². The van der Waals surface area contributed by atoms with E-state index in [1.807, 2.05) is 6.92 Å². The van der Waals surface area contributed by atoms with Crippen molar-refractivity contribution in [2.45, 2.75) is 38.0 Å². The zero-order chi connectivity index (χ0) is 13.2. The van der Waals surface area contributed by atoms with Gasteiger partial charge in [0.25, 0.3) is 0 Å². The second kappa shape index (κ2) is 5.86. The Labute approximate surface area is 110 Å². The van der Waals surface area contributed by atoms with Crippen LogP contribution in [-0.2, 0) is 10.0 Å². The molecule has 2 bridgehead atoms. The molecule has 0 radical (unpaired) electrons. The van der Waals surface area contributed by atoms with Gasteiger partial charge >= 0.3 is 0 Å². The van der Waals surface area contributed by atoms with Crippen LogP contribution in [0.4, 0.5) is 0 Å². The molecule has 2 unspecified atom stereocenters. The molecule has 3 saturated heterocycles. The van der Waals surface area contributed by atoms with E-state index >= 15 is 0 Å². The SMILES string of the molecule is CCNCC(C)S(=O)(=O)NC1CN2CCC1CC2. The minimum absolute atomic E-state index is 0.126. The maximum absolute atomic E-state index is 12.2. The summed E-state index contributed by atoms with van der Waals surface area (Å²) in [6, 6.07) is 0.126. The second-order valence-electron chi connectivity index (χ2n) is 5.53. The maximum Gasteiger partial charge on any atom is 0.215 e. The van der Waals surface area contributed by atoms with E-state index in [1.165, 1.54) is 0 Å². The molecule has 3 fully saturated rings. The monoisotopic (exact) mass is 275 g/mol. The Morgan fingerprint density at radius 1 is 1.33 bits per heavy atom. The van der Waals surface area contributed by atoms with Crippen LogP contribution in [0.1, 0.15) is 26.7 Å². The molecule has 3 rings (SSSR count). The van der Waals surface area contributed by atoms with Gasteiger partial charge in [0.05, 0.1) is 5.25 Å². The van der Waals surface area contributed by atoms with Gasteiger partial charge in [-0.1, -0.05) is 6.92 Å². The molecule has 0 spiro atoms. The van der Waals surface area contributed by atoms with Crippen molar-refractivity contribution in [2.75, 3.05) is 32.7 Å². The summed E-state index contributed by atoms with van der Waals surface area (Å²) < 4.78 is 27.3. The van der Waals surface area contributed by atoms with E-state index in [9.17, 15) is 8.42 Å². The molecule has 3 heterocycles. The third kappa shape index (κ3) is 3.23. The Morgan fingerprint density at radius 3 is 2.50 bits per heavy atom. The largest absolute Gasteiger partial charge is 0.316 e. The molecule has 3 aliphatic heterocycles. The fourth-order valence-electron chi connectivity index (χ4n) is 2.88. The van der Waals surface area contributed by atoms with Crippen molar-refractivity contribution in [2.24, 2.45) is 5.92 Å². The van der Waals surface area contributed by atoms with E-state index in [0.29, 0.717) is 12.5 Å². The van der Waals surface area contributed by atoms with Crippen LogP contribution in [0.15, 0.2) is 0 Å². The van der Waals surface area contributed by atoms with Crippen LogP contribution in [0.2, 0.25) is 0 Å². The van der Waals surface area contributed by atoms with Gasteiger partial charge in [-0.2, -0.15) is 0 Å². The normalized spacial score (nSPS) is 33.6. The molecule has 2 N–H and O–H groups in total. The van der Waals surface area contributed by atoms with Crippen LogP contribution in [0.25, 0.3) is 0 Å². The average Bonchev–Trinajstić information content (AvgIpc) is 2.36. The summed E-state index contributed by atoms with van der Waals surface area (Å²) in [5.41, 5.74) is 0. The van der Waals surface area contributed by atoms with E-state index in [4.69, 9.17) is 0 Å². The first-order chi connectivity index (χ1) is 8.53. The average molecular weight is 275 g/mol. The molecule has 5 nitrogen and oxygen atoms in total. The summed E-state index contributed by atoms with van der Waals surface area (Å²) in [6.07, 6.45) is 2.27. The number of nitrogens with one attached hydrogen (secondary N) is 2. The van der Waals surface area contributed by atoms with E-state index in [1.54, 1.807) is 6.92 Å². The number of hydrogen-bond acceptors (Lipinski definition) is 4. The highest BCUT2D eigenvalue weighted by Crippen LogP contribution is 2.28. The predicted molar refractivity (Wildman–Crippen MR) is 73.0 cm³/mol. The number of sulfonamides is 1. The minimum atomic E-state index is -3.19. The maximum atomic E-state index is 12.2. The van der Waals surface area contributed by atoms with E-state index < -0.39 is 10.0 Å². The number of fused-ring (bicyclic) bond motifs is 3. The highest BCUT2D eigenvalue weighted by Gasteiger charge is 2.37. The highest BCUT2D eigenvalue weighted by molar-refractivity contribution is 7.90. The van der Waals surface area contributed by atoms with E-state index in [0.717, 1.165) is 39.0 Å². The summed E-state index contributed by atoms with van der Waals surface area (Å²) in [6.45, 7) is 8.24. The van der Waals surface area contributed by atoms with Crippen molar-refractivity contribution in [3.63, 3.8) is 0 Å². The van der Waals surface area contributed by atoms with Gasteiger partial charge in [0.2, 0.25) is 10.0 Å². The Bertz CT molecular complexity index is 364. The summed E-state index contributed by atoms with van der Waals surface area (Å²) in [7, 11) is -3.19. The van der Waals surface area contributed by atoms with Crippen LogP contribution < -0.4 is 10.0 Å². The molecule has 0 aliphatic carbocycles. The zero-order valence-corrected chi connectivity index (χ0v) is 12.2. The van der Waals surface area contributed by atoms with Crippen LogP contribution in [0, 0.1) is 5.92 Å². The summed E-state index contributed by atoms with van der Waals surface area (Å²) in [5, 5.41) is 2.73. The summed E-state index contributed by atoms with van der Waals surface area (Å²) in [5.74, 6) is 0.538. The molecule has 106 valence electrons. The van der Waals surface area contributed by atoms with Crippen molar-refractivity contribution in [1.82, 2.24) is 14.9 Å². The van der Waals surface area contributed by atoms with Gasteiger partial charge in [-0.25, -0.2) is 13.1 Å². The molecule has 0 aromatic heterocycles. The van der Waals surface area contributed by atoms with Gasteiger partial charge in [-0.3, -0.25) is 0 Å². The topological polar surface area (TPSA) is 61.4 Å². The second-order valence-corrected chi connectivity index (χ2v) is 7.66. The molecule has 18 heavy (non-hydrogen) atoms. The fourth-order valence-corrected chi connectivity index (χ4v) is 4.14. The molecular weight excluding hydrogens is 250 g/mol. The van der Waals surface area contributed by atoms with Gasteiger partial charge in [0, 0.05) is 19.1 Å². The number of rotatable bonds is 6. The lowest BCUT2D eigenvalue weighted by Crippen LogP contribution is -2.58. The predicted octanol–water partition coefficient (Wildman–Crippen LogP) is -0.00200. The number of piperidine rings is 3. The van der Waals surface area contributed by atoms with Crippen molar-refractivity contribution in [3.05, 3.63) is 0 Å². The fraction of sp³-hybridized carbons (Fsp3) is 1.00. The first-order valence-corrected chi connectivity index (χ1v) is 8.51. The van der Waals surface area contributed by atoms with Gasteiger partial charge in [0.15, 0.2) is 0 Å². The third-order valence-corrected chi connectivity index (χ3v) is 6.04. The molecular formula is C12H25N3O2S. The number of nitrogens with zero attached hydrogens (tertiary/aromatic N) is 1. The lowest BCUT2D eigenvalue weighted by atomic mass is 9.85. The van der Waals surface area contributed by atoms with E-state index in [2.05, 4.69) is 14.9 Å². The van der Waals surface area contributed by atoms with Crippen molar-refractivity contribution < 1.29 is 8.42 Å². The van der Waals surface area contributed by atoms with Crippen molar-refractivity contribution in [1.29, 1.82) is 0 Å². The smallest absolute Gasteiger partial charge is 0.215 e. The summed E-state index contributed by atoms with van der Waals surface area (Å²) >= 11 is 0. The molecule has 0 saturated carbocycles. The van der Waals surface area contributed by atoms with Gasteiger partial charge in [0.1, 0.15) is 0 Å². The van der Waals surface area contributed by atoms with E-state index in [-0.39, 0.29) is 11.3 Å². The van der Waals surface area contributed by atoms with Crippen LogP contribution in [0.3, 0.4) is 0 Å². The Kier molecular flexibility index (Phi) is 4.64. The minimum Gasteiger partial charge on any atom is -0.316 e. The van der Waals surface area contributed by atoms with Crippen molar-refractivity contribution >= 4 is 10.0 Å². The molecule has 0 amide bonds. The molecule has 3 aliphatic rings. The first-order valence-electron chi connectivity index (χ1n) is 6.97. The summed E-state index contributed by atoms with van der Waals surface area (Å²) in [4.78, 5) is 2.36. The standard InChI is InChI=1S/C12H25N3O2S/c1-3-13-8-10(2)18(16,17)14-12-9-15-6-4-11(12)5-7-15/h10-14H,3-9H2,1-2H3. The quantitative estimate of drug-likeness (QED) is 0.716. The number of hydrogen-bond donors (Lipinski definition) is 2. The molecule has 0 aromatic carbocycles. The molecule has 2 atom stereocenters. The Morgan fingerprint density at radius 2 is 2.00 bits per heavy atom. The van der Waals surface area contributed by atoms with Gasteiger partial charge in [-0.05, 0) is 45.3 Å². The lowest BCUT2D eigenvalue weighted by Gasteiger charge is -2.45. The Balaban J connectivity index is 1.91. The molecule has 6 heteroatoms. The first kappa shape index (κ1) is 14.2. The highest BCUT2D eigenvalue weighted by atomic mass is 32.2. The van der Waals surface area contributed by atoms with Crippen LogP contribution in [0.5, 0.6) is 0 Å². The zero-order valence-electron chi connectivity index (χ0n) is 11.4. The lowest BCUT2D eigenvalue weighted by molar-refractivity contribution is 0.0826. The van der Waals surface area contributed by atoms with Gasteiger partial charge < -0.3 is 10.2 Å². The molecule has 0 aromatic rings.